The van der Waals surface area contributed by atoms with Crippen molar-refractivity contribution in [2.24, 2.45) is 28.1 Å². The lowest BCUT2D eigenvalue weighted by molar-refractivity contribution is -0.142. The van der Waals surface area contributed by atoms with E-state index in [-0.39, 0.29) is 24.0 Å². The zero-order valence-corrected chi connectivity index (χ0v) is 24.1. The smallest absolute Gasteiger partial charge is 0.326 e. The molecule has 0 spiro atoms. The maximum Gasteiger partial charge on any atom is 0.326 e. The lowest BCUT2D eigenvalue weighted by atomic mass is 9.96. The van der Waals surface area contributed by atoms with E-state index in [9.17, 15) is 29.4 Å². The van der Waals surface area contributed by atoms with Gasteiger partial charge < -0.3 is 43.4 Å². The van der Waals surface area contributed by atoms with Crippen LogP contribution >= 0.6 is 11.8 Å². The molecule has 0 aliphatic rings. The topological polar surface area (TPSA) is 235 Å². The molecule has 1 rings (SSSR count). The number of benzene rings is 1. The second-order valence-corrected chi connectivity index (χ2v) is 10.5. The van der Waals surface area contributed by atoms with E-state index in [1.165, 1.54) is 23.9 Å². The van der Waals surface area contributed by atoms with Crippen LogP contribution in [-0.2, 0) is 25.6 Å². The standard InChI is InChI=1S/C26H43N7O6S/c1-4-15(2)21(24(37)32-20(25(38)39)14-16-7-9-17(34)10-8-16)33-23(36)19(11-13-40-3)31-22(35)18(27)6-5-12-30-26(28)29/h7-10,15,18-21,34H,4-6,11-14,27H2,1-3H3,(H,31,35)(H,32,37)(H,33,36)(H,38,39)(H4,28,29,30). The zero-order chi connectivity index (χ0) is 30.2. The number of hydrogen-bond acceptors (Lipinski definition) is 8. The number of thioether (sulfide) groups is 1. The molecule has 3 amide bonds. The number of nitrogens with two attached hydrogens (primary N) is 3. The fourth-order valence-electron chi connectivity index (χ4n) is 3.72. The molecule has 0 aliphatic heterocycles. The van der Waals surface area contributed by atoms with Crippen LogP contribution in [0.5, 0.6) is 5.75 Å². The molecule has 0 radical (unpaired) electrons. The number of guanidine groups is 1. The van der Waals surface area contributed by atoms with Gasteiger partial charge in [0, 0.05) is 13.0 Å². The Balaban J connectivity index is 2.96. The van der Waals surface area contributed by atoms with Crippen LogP contribution in [0.1, 0.15) is 45.1 Å². The number of carbonyl (C=O) groups excluding carboxylic acids is 3. The van der Waals surface area contributed by atoms with Crippen molar-refractivity contribution >= 4 is 41.4 Å². The highest BCUT2D eigenvalue weighted by Crippen LogP contribution is 2.14. The summed E-state index contributed by atoms with van der Waals surface area (Å²) in [6.07, 6.45) is 3.44. The maximum atomic E-state index is 13.3. The number of phenolic OH excluding ortho intramolecular Hbond substituents is 1. The molecule has 0 fully saturated rings. The summed E-state index contributed by atoms with van der Waals surface area (Å²) in [5.41, 5.74) is 17.2. The maximum absolute atomic E-state index is 13.3. The largest absolute Gasteiger partial charge is 0.508 e. The van der Waals surface area contributed by atoms with Gasteiger partial charge in [0.15, 0.2) is 5.96 Å². The van der Waals surface area contributed by atoms with Crippen LogP contribution < -0.4 is 33.2 Å². The van der Waals surface area contributed by atoms with E-state index in [0.717, 1.165) is 0 Å². The van der Waals surface area contributed by atoms with Crippen LogP contribution in [0.15, 0.2) is 29.3 Å². The molecular weight excluding hydrogens is 538 g/mol. The normalized spacial score (nSPS) is 14.6. The van der Waals surface area contributed by atoms with Gasteiger partial charge in [-0.05, 0) is 54.9 Å². The summed E-state index contributed by atoms with van der Waals surface area (Å²) < 4.78 is 0. The second-order valence-electron chi connectivity index (χ2n) is 9.54. The van der Waals surface area contributed by atoms with Gasteiger partial charge in [-0.3, -0.25) is 19.4 Å². The van der Waals surface area contributed by atoms with Crippen LogP contribution in [0.25, 0.3) is 0 Å². The van der Waals surface area contributed by atoms with Crippen molar-refractivity contribution in [2.45, 2.75) is 70.1 Å². The first kappa shape index (κ1) is 34.5. The number of hydrogen-bond donors (Lipinski definition) is 8. The average Bonchev–Trinajstić information content (AvgIpc) is 2.91. The summed E-state index contributed by atoms with van der Waals surface area (Å²) >= 11 is 1.49. The summed E-state index contributed by atoms with van der Waals surface area (Å²) in [5.74, 6) is -2.77. The van der Waals surface area contributed by atoms with Crippen LogP contribution in [-0.4, -0.2) is 82.6 Å². The monoisotopic (exact) mass is 581 g/mol. The van der Waals surface area contributed by atoms with E-state index < -0.39 is 47.9 Å². The van der Waals surface area contributed by atoms with E-state index in [1.54, 1.807) is 19.1 Å². The molecule has 0 aliphatic carbocycles. The molecule has 5 unspecified atom stereocenters. The first-order chi connectivity index (χ1) is 18.9. The fraction of sp³-hybridized carbons (Fsp3) is 0.577. The molecule has 0 bridgehead atoms. The molecule has 5 atom stereocenters. The molecule has 13 nitrogen and oxygen atoms in total. The Bertz CT molecular complexity index is 1000. The fourth-order valence-corrected chi connectivity index (χ4v) is 4.19. The number of carboxylic acids is 1. The number of carboxylic acid groups (broad SMARTS) is 1. The van der Waals surface area contributed by atoms with Crippen molar-refractivity contribution < 1.29 is 29.4 Å². The number of nitrogens with one attached hydrogen (secondary N) is 3. The SMILES string of the molecule is CCC(C)C(NC(=O)C(CCSC)NC(=O)C(N)CCCN=C(N)N)C(=O)NC(Cc1ccc(O)cc1)C(=O)O. The van der Waals surface area contributed by atoms with Gasteiger partial charge in [0.2, 0.25) is 17.7 Å². The number of aliphatic carboxylic acids is 1. The van der Waals surface area contributed by atoms with Crippen LogP contribution in [0.2, 0.25) is 0 Å². The van der Waals surface area contributed by atoms with Crippen molar-refractivity contribution in [1.82, 2.24) is 16.0 Å². The third-order valence-electron chi connectivity index (χ3n) is 6.33. The Morgan fingerprint density at radius 3 is 2.15 bits per heavy atom. The molecule has 40 heavy (non-hydrogen) atoms. The number of amides is 3. The van der Waals surface area contributed by atoms with Gasteiger partial charge in [-0.25, -0.2) is 4.79 Å². The molecule has 1 aromatic rings. The average molecular weight is 582 g/mol. The van der Waals surface area contributed by atoms with Gasteiger partial charge in [-0.15, -0.1) is 0 Å². The highest BCUT2D eigenvalue weighted by molar-refractivity contribution is 7.98. The second kappa shape index (κ2) is 17.9. The van der Waals surface area contributed by atoms with E-state index in [1.807, 2.05) is 13.2 Å². The quantitative estimate of drug-likeness (QED) is 0.0637. The van der Waals surface area contributed by atoms with Crippen LogP contribution in [0, 0.1) is 5.92 Å². The Morgan fingerprint density at radius 2 is 1.60 bits per heavy atom. The van der Waals surface area contributed by atoms with E-state index in [4.69, 9.17) is 17.2 Å². The minimum absolute atomic E-state index is 0.0179. The Hall–Kier alpha value is -3.52. The van der Waals surface area contributed by atoms with Crippen molar-refractivity contribution in [3.8, 4) is 5.75 Å². The van der Waals surface area contributed by atoms with Gasteiger partial charge in [0.05, 0.1) is 6.04 Å². The van der Waals surface area contributed by atoms with Crippen LogP contribution in [0.3, 0.4) is 0 Å². The minimum atomic E-state index is -1.26. The van der Waals surface area contributed by atoms with Crippen molar-refractivity contribution in [3.63, 3.8) is 0 Å². The summed E-state index contributed by atoms with van der Waals surface area (Å²) in [4.78, 5) is 55.0. The molecule has 14 heteroatoms. The molecule has 0 heterocycles. The van der Waals surface area contributed by atoms with Crippen LogP contribution in [0.4, 0.5) is 0 Å². The summed E-state index contributed by atoms with van der Waals surface area (Å²) in [6.45, 7) is 3.92. The zero-order valence-electron chi connectivity index (χ0n) is 23.3. The van der Waals surface area contributed by atoms with Crippen molar-refractivity contribution in [3.05, 3.63) is 29.8 Å². The van der Waals surface area contributed by atoms with Gasteiger partial charge in [-0.2, -0.15) is 11.8 Å². The third kappa shape index (κ3) is 12.6. The van der Waals surface area contributed by atoms with Gasteiger partial charge in [0.1, 0.15) is 23.9 Å². The predicted octanol–water partition coefficient (Wildman–Crippen LogP) is -0.346. The van der Waals surface area contributed by atoms with Crippen molar-refractivity contribution in [2.75, 3.05) is 18.6 Å². The van der Waals surface area contributed by atoms with Gasteiger partial charge in [-0.1, -0.05) is 32.4 Å². The van der Waals surface area contributed by atoms with Gasteiger partial charge >= 0.3 is 5.97 Å². The molecule has 0 saturated heterocycles. The molecule has 224 valence electrons. The number of aliphatic imine (C=N–C) groups is 1. The first-order valence-electron chi connectivity index (χ1n) is 13.1. The predicted molar refractivity (Wildman–Crippen MR) is 156 cm³/mol. The summed E-state index contributed by atoms with van der Waals surface area (Å²) in [7, 11) is 0. The third-order valence-corrected chi connectivity index (χ3v) is 6.98. The van der Waals surface area contributed by atoms with Gasteiger partial charge in [0.25, 0.3) is 0 Å². The summed E-state index contributed by atoms with van der Waals surface area (Å²) in [6, 6.07) is 1.85. The first-order valence-corrected chi connectivity index (χ1v) is 14.5. The van der Waals surface area contributed by atoms with E-state index in [0.29, 0.717) is 43.5 Å². The minimum Gasteiger partial charge on any atom is -0.508 e. The lowest BCUT2D eigenvalue weighted by Gasteiger charge is -2.28. The Morgan fingerprint density at radius 1 is 0.975 bits per heavy atom. The number of nitrogens with zero attached hydrogens (tertiary/aromatic N) is 1. The Labute approximate surface area is 239 Å². The number of rotatable bonds is 18. The highest BCUT2D eigenvalue weighted by atomic mass is 32.2. The molecule has 0 aromatic heterocycles. The number of phenols is 1. The summed E-state index contributed by atoms with van der Waals surface area (Å²) in [5, 5.41) is 27.1. The molecule has 11 N–H and O–H groups in total. The molecular formula is C26H43N7O6S. The number of carbonyl (C=O) groups is 4. The highest BCUT2D eigenvalue weighted by Gasteiger charge is 2.32. The molecule has 1 aromatic carbocycles. The molecule has 0 saturated carbocycles. The van der Waals surface area contributed by atoms with E-state index >= 15 is 0 Å². The van der Waals surface area contributed by atoms with Crippen molar-refractivity contribution in [1.29, 1.82) is 0 Å². The Kier molecular flexibility index (Phi) is 15.5. The van der Waals surface area contributed by atoms with E-state index in [2.05, 4.69) is 20.9 Å². The lowest BCUT2D eigenvalue weighted by Crippen LogP contribution is -2.59. The number of aromatic hydroxyl groups is 1.